The predicted molar refractivity (Wildman–Crippen MR) is 85.5 cm³/mol. The predicted octanol–water partition coefficient (Wildman–Crippen LogP) is 2.71. The standard InChI is InChI=1S/C16H23NO4S/c1-4-5-11-6-14(22-10(11)2)16(20)17-9-13(21-3)7-12(17)8-15(18)19/h6,12-13H,4-5,7-9H2,1-3H3,(H,18,19). The van der Waals surface area contributed by atoms with Gasteiger partial charge in [0.25, 0.3) is 5.91 Å². The smallest absolute Gasteiger partial charge is 0.305 e. The van der Waals surface area contributed by atoms with Crippen molar-refractivity contribution in [1.29, 1.82) is 0 Å². The molecule has 0 bridgehead atoms. The van der Waals surface area contributed by atoms with E-state index in [0.717, 1.165) is 12.8 Å². The van der Waals surface area contributed by atoms with E-state index < -0.39 is 5.97 Å². The van der Waals surface area contributed by atoms with Gasteiger partial charge >= 0.3 is 5.97 Å². The van der Waals surface area contributed by atoms with Crippen LogP contribution in [-0.4, -0.2) is 47.7 Å². The van der Waals surface area contributed by atoms with Crippen LogP contribution < -0.4 is 0 Å². The first kappa shape index (κ1) is 17.0. The van der Waals surface area contributed by atoms with Gasteiger partial charge in [-0.05, 0) is 31.4 Å². The largest absolute Gasteiger partial charge is 0.481 e. The van der Waals surface area contributed by atoms with Gasteiger partial charge in [-0.1, -0.05) is 13.3 Å². The Morgan fingerprint density at radius 1 is 1.50 bits per heavy atom. The minimum absolute atomic E-state index is 0.0300. The van der Waals surface area contributed by atoms with Crippen molar-refractivity contribution >= 4 is 23.2 Å². The maximum absolute atomic E-state index is 12.8. The van der Waals surface area contributed by atoms with Crippen molar-refractivity contribution in [3.05, 3.63) is 21.4 Å². The average Bonchev–Trinajstić information content (AvgIpc) is 3.02. The highest BCUT2D eigenvalue weighted by molar-refractivity contribution is 7.14. The molecule has 122 valence electrons. The maximum atomic E-state index is 12.8. The summed E-state index contributed by atoms with van der Waals surface area (Å²) < 4.78 is 5.32. The molecule has 1 saturated heterocycles. The van der Waals surface area contributed by atoms with Crippen LogP contribution in [-0.2, 0) is 16.0 Å². The number of carboxylic acid groups (broad SMARTS) is 1. The third-order valence-corrected chi connectivity index (χ3v) is 5.21. The van der Waals surface area contributed by atoms with Gasteiger partial charge in [0.15, 0.2) is 0 Å². The van der Waals surface area contributed by atoms with Gasteiger partial charge in [0, 0.05) is 24.6 Å². The summed E-state index contributed by atoms with van der Waals surface area (Å²) in [4.78, 5) is 27.3. The van der Waals surface area contributed by atoms with Crippen molar-refractivity contribution in [2.75, 3.05) is 13.7 Å². The van der Waals surface area contributed by atoms with Crippen LogP contribution in [0.25, 0.3) is 0 Å². The van der Waals surface area contributed by atoms with Crippen LogP contribution in [0, 0.1) is 6.92 Å². The van der Waals surface area contributed by atoms with Crippen molar-refractivity contribution in [2.45, 2.75) is 51.7 Å². The van der Waals surface area contributed by atoms with E-state index in [1.807, 2.05) is 13.0 Å². The van der Waals surface area contributed by atoms with Crippen LogP contribution >= 0.6 is 11.3 Å². The number of amides is 1. The number of hydrogen-bond donors (Lipinski definition) is 1. The fourth-order valence-corrected chi connectivity index (χ4v) is 4.00. The number of aliphatic carboxylic acids is 1. The molecule has 1 fully saturated rings. The molecule has 1 N–H and O–H groups in total. The molecule has 5 nitrogen and oxygen atoms in total. The van der Waals surface area contributed by atoms with Gasteiger partial charge in [-0.3, -0.25) is 9.59 Å². The summed E-state index contributed by atoms with van der Waals surface area (Å²) in [5.41, 5.74) is 1.22. The summed E-state index contributed by atoms with van der Waals surface area (Å²) in [6, 6.07) is 1.68. The number of carbonyl (C=O) groups is 2. The third-order valence-electron chi connectivity index (χ3n) is 4.13. The van der Waals surface area contributed by atoms with Crippen LogP contribution in [0.15, 0.2) is 6.07 Å². The van der Waals surface area contributed by atoms with E-state index in [9.17, 15) is 9.59 Å². The van der Waals surface area contributed by atoms with Gasteiger partial charge in [-0.2, -0.15) is 0 Å². The van der Waals surface area contributed by atoms with Crippen molar-refractivity contribution in [1.82, 2.24) is 4.90 Å². The van der Waals surface area contributed by atoms with E-state index in [2.05, 4.69) is 6.92 Å². The molecule has 2 unspecified atom stereocenters. The third kappa shape index (κ3) is 3.67. The van der Waals surface area contributed by atoms with Crippen molar-refractivity contribution < 1.29 is 19.4 Å². The Hall–Kier alpha value is -1.40. The molecule has 1 aliphatic rings. The highest BCUT2D eigenvalue weighted by Gasteiger charge is 2.37. The van der Waals surface area contributed by atoms with E-state index in [0.29, 0.717) is 17.8 Å². The number of hydrogen-bond acceptors (Lipinski definition) is 4. The molecule has 0 saturated carbocycles. The summed E-state index contributed by atoms with van der Waals surface area (Å²) in [5, 5.41) is 9.05. The molecule has 1 aliphatic heterocycles. The Labute approximate surface area is 134 Å². The molecule has 22 heavy (non-hydrogen) atoms. The highest BCUT2D eigenvalue weighted by Crippen LogP contribution is 2.29. The molecule has 0 spiro atoms. The highest BCUT2D eigenvalue weighted by atomic mass is 32.1. The monoisotopic (exact) mass is 325 g/mol. The summed E-state index contributed by atoms with van der Waals surface area (Å²) in [6.45, 7) is 4.61. The molecule has 2 rings (SSSR count). The molecular weight excluding hydrogens is 302 g/mol. The second-order valence-corrected chi connectivity index (χ2v) is 7.00. The molecule has 2 heterocycles. The number of carboxylic acids is 1. The first-order valence-electron chi connectivity index (χ1n) is 7.61. The molecular formula is C16H23NO4S. The number of aryl methyl sites for hydroxylation is 2. The molecule has 6 heteroatoms. The Balaban J connectivity index is 2.18. The van der Waals surface area contributed by atoms with Crippen molar-refractivity contribution in [3.8, 4) is 0 Å². The fourth-order valence-electron chi connectivity index (χ4n) is 2.97. The zero-order valence-corrected chi connectivity index (χ0v) is 14.1. The first-order chi connectivity index (χ1) is 10.5. The lowest BCUT2D eigenvalue weighted by Crippen LogP contribution is -2.36. The molecule has 0 aromatic carbocycles. The van der Waals surface area contributed by atoms with E-state index in [4.69, 9.17) is 9.84 Å². The van der Waals surface area contributed by atoms with Gasteiger partial charge in [0.1, 0.15) is 0 Å². The lowest BCUT2D eigenvalue weighted by molar-refractivity contribution is -0.137. The quantitative estimate of drug-likeness (QED) is 0.873. The van der Waals surface area contributed by atoms with E-state index >= 15 is 0 Å². The number of likely N-dealkylation sites (tertiary alicyclic amines) is 1. The summed E-state index contributed by atoms with van der Waals surface area (Å²) >= 11 is 1.50. The van der Waals surface area contributed by atoms with E-state index in [1.165, 1.54) is 21.8 Å². The summed E-state index contributed by atoms with van der Waals surface area (Å²) in [6.07, 6.45) is 2.49. The van der Waals surface area contributed by atoms with Crippen LogP contribution in [0.5, 0.6) is 0 Å². The topological polar surface area (TPSA) is 66.8 Å². The van der Waals surface area contributed by atoms with Gasteiger partial charge in [-0.15, -0.1) is 11.3 Å². The van der Waals surface area contributed by atoms with Gasteiger partial charge in [0.2, 0.25) is 0 Å². The van der Waals surface area contributed by atoms with E-state index in [1.54, 1.807) is 12.0 Å². The van der Waals surface area contributed by atoms with Crippen molar-refractivity contribution in [3.63, 3.8) is 0 Å². The van der Waals surface area contributed by atoms with Crippen LogP contribution in [0.3, 0.4) is 0 Å². The molecule has 0 radical (unpaired) electrons. The molecule has 1 amide bonds. The fraction of sp³-hybridized carbons (Fsp3) is 0.625. The second-order valence-electron chi connectivity index (χ2n) is 5.74. The Kier molecular flexibility index (Phi) is 5.58. The maximum Gasteiger partial charge on any atom is 0.305 e. The van der Waals surface area contributed by atoms with Gasteiger partial charge in [-0.25, -0.2) is 0 Å². The number of carbonyl (C=O) groups excluding carboxylic acids is 1. The summed E-state index contributed by atoms with van der Waals surface area (Å²) in [5.74, 6) is -0.949. The Bertz CT molecular complexity index is 554. The zero-order chi connectivity index (χ0) is 16.3. The molecule has 2 atom stereocenters. The number of thiophene rings is 1. The zero-order valence-electron chi connectivity index (χ0n) is 13.3. The molecule has 0 aliphatic carbocycles. The second kappa shape index (κ2) is 7.24. The number of rotatable bonds is 6. The normalized spacial score (nSPS) is 21.3. The lowest BCUT2D eigenvalue weighted by atomic mass is 10.1. The Morgan fingerprint density at radius 3 is 2.82 bits per heavy atom. The van der Waals surface area contributed by atoms with Crippen molar-refractivity contribution in [2.24, 2.45) is 0 Å². The number of methoxy groups -OCH3 is 1. The number of nitrogens with zero attached hydrogens (tertiary/aromatic N) is 1. The Morgan fingerprint density at radius 2 is 2.23 bits per heavy atom. The summed E-state index contributed by atoms with van der Waals surface area (Å²) in [7, 11) is 1.60. The average molecular weight is 325 g/mol. The van der Waals surface area contributed by atoms with E-state index in [-0.39, 0.29) is 24.5 Å². The first-order valence-corrected chi connectivity index (χ1v) is 8.42. The lowest BCUT2D eigenvalue weighted by Gasteiger charge is -2.22. The molecule has 1 aromatic heterocycles. The minimum atomic E-state index is -0.881. The van der Waals surface area contributed by atoms with Crippen LogP contribution in [0.2, 0.25) is 0 Å². The minimum Gasteiger partial charge on any atom is -0.481 e. The SMILES string of the molecule is CCCc1cc(C(=O)N2CC(OC)CC2CC(=O)O)sc1C. The van der Waals surface area contributed by atoms with Crippen LogP contribution in [0.1, 0.15) is 46.3 Å². The van der Waals surface area contributed by atoms with Gasteiger partial charge in [0.05, 0.1) is 17.4 Å². The number of ether oxygens (including phenoxy) is 1. The van der Waals surface area contributed by atoms with Crippen LogP contribution in [0.4, 0.5) is 0 Å². The molecule has 1 aromatic rings. The van der Waals surface area contributed by atoms with Gasteiger partial charge < -0.3 is 14.7 Å².